The van der Waals surface area contributed by atoms with Crippen LogP contribution in [-0.2, 0) is 0 Å². The summed E-state index contributed by atoms with van der Waals surface area (Å²) >= 11 is 4.85. The molecule has 0 aliphatic carbocycles. The highest BCUT2D eigenvalue weighted by Gasteiger charge is 2.11. The first-order chi connectivity index (χ1) is 10.5. The van der Waals surface area contributed by atoms with Crippen molar-refractivity contribution in [2.45, 2.75) is 0 Å². The number of ether oxygens (including phenoxy) is 2. The summed E-state index contributed by atoms with van der Waals surface area (Å²) in [7, 11) is 0. The molecule has 9 heteroatoms. The van der Waals surface area contributed by atoms with Gasteiger partial charge in [0.2, 0.25) is 0 Å². The molecular formula is C13H8N2O6S. The molecule has 0 N–H and O–H groups in total. The van der Waals surface area contributed by atoms with Gasteiger partial charge in [0.1, 0.15) is 11.5 Å². The normalized spacial score (nSPS) is 9.82. The minimum absolute atomic E-state index is 0.129. The van der Waals surface area contributed by atoms with Crippen molar-refractivity contribution in [3.63, 3.8) is 0 Å². The summed E-state index contributed by atoms with van der Waals surface area (Å²) in [6.07, 6.45) is 0. The summed E-state index contributed by atoms with van der Waals surface area (Å²) in [5, 5.41) is 21.0. The van der Waals surface area contributed by atoms with Gasteiger partial charge in [-0.2, -0.15) is 0 Å². The van der Waals surface area contributed by atoms with E-state index >= 15 is 0 Å². The van der Waals surface area contributed by atoms with Crippen LogP contribution in [0.1, 0.15) is 0 Å². The van der Waals surface area contributed by atoms with Gasteiger partial charge in [-0.25, -0.2) is 0 Å². The van der Waals surface area contributed by atoms with Gasteiger partial charge in [0.05, 0.1) is 22.0 Å². The molecule has 0 saturated carbocycles. The first kappa shape index (κ1) is 15.3. The standard InChI is InChI=1S/C13H8N2O6S/c16-14(17)9-3-1-5-11(7-9)20-13(22)21-12-6-2-4-10(8-12)15(18)19/h1-8H. The molecule has 22 heavy (non-hydrogen) atoms. The lowest BCUT2D eigenvalue weighted by Gasteiger charge is -2.08. The van der Waals surface area contributed by atoms with Gasteiger partial charge in [-0.3, -0.25) is 20.2 Å². The van der Waals surface area contributed by atoms with Crippen LogP contribution < -0.4 is 9.47 Å². The lowest BCUT2D eigenvalue weighted by Crippen LogP contribution is -2.13. The second kappa shape index (κ2) is 6.59. The predicted molar refractivity (Wildman–Crippen MR) is 80.0 cm³/mol. The fourth-order valence-electron chi connectivity index (χ4n) is 1.53. The third-order valence-electron chi connectivity index (χ3n) is 2.46. The molecule has 0 unspecified atom stereocenters. The molecule has 0 aliphatic rings. The van der Waals surface area contributed by atoms with E-state index in [-0.39, 0.29) is 28.1 Å². The molecule has 0 heterocycles. The number of hydrogen-bond donors (Lipinski definition) is 0. The lowest BCUT2D eigenvalue weighted by atomic mass is 10.3. The summed E-state index contributed by atoms with van der Waals surface area (Å²) in [6, 6.07) is 10.8. The van der Waals surface area contributed by atoms with E-state index in [1.807, 2.05) is 0 Å². The van der Waals surface area contributed by atoms with E-state index in [0.717, 1.165) is 0 Å². The first-order valence-electron chi connectivity index (χ1n) is 5.84. The van der Waals surface area contributed by atoms with E-state index in [0.29, 0.717) is 0 Å². The maximum atomic E-state index is 10.7. The van der Waals surface area contributed by atoms with Gasteiger partial charge >= 0.3 is 5.24 Å². The highest BCUT2D eigenvalue weighted by atomic mass is 32.1. The highest BCUT2D eigenvalue weighted by Crippen LogP contribution is 2.22. The number of rotatable bonds is 4. The first-order valence-corrected chi connectivity index (χ1v) is 6.25. The van der Waals surface area contributed by atoms with Crippen LogP contribution in [0.25, 0.3) is 0 Å². The average Bonchev–Trinajstić information content (AvgIpc) is 2.47. The second-order valence-corrected chi connectivity index (χ2v) is 4.30. The Morgan fingerprint density at radius 1 is 0.864 bits per heavy atom. The van der Waals surface area contributed by atoms with Crippen LogP contribution in [0.2, 0.25) is 0 Å². The van der Waals surface area contributed by atoms with Crippen LogP contribution in [0.15, 0.2) is 48.5 Å². The summed E-state index contributed by atoms with van der Waals surface area (Å²) < 4.78 is 10.3. The summed E-state index contributed by atoms with van der Waals surface area (Å²) in [5.74, 6) is 0.259. The van der Waals surface area contributed by atoms with Gasteiger partial charge < -0.3 is 9.47 Å². The van der Waals surface area contributed by atoms with Gasteiger partial charge in [-0.15, -0.1) is 0 Å². The molecule has 0 bridgehead atoms. The second-order valence-electron chi connectivity index (χ2n) is 3.96. The third kappa shape index (κ3) is 3.96. The van der Waals surface area contributed by atoms with Crippen molar-refractivity contribution in [1.29, 1.82) is 0 Å². The molecule has 0 aliphatic heterocycles. The Kier molecular flexibility index (Phi) is 4.59. The van der Waals surface area contributed by atoms with Crippen molar-refractivity contribution in [2.75, 3.05) is 0 Å². The molecule has 8 nitrogen and oxygen atoms in total. The average molecular weight is 320 g/mol. The Bertz CT molecular complexity index is 687. The molecule has 0 aromatic heterocycles. The summed E-state index contributed by atoms with van der Waals surface area (Å²) in [6.45, 7) is 0. The third-order valence-corrected chi connectivity index (χ3v) is 2.63. The zero-order chi connectivity index (χ0) is 16.1. The SMILES string of the molecule is O=[N+]([O-])c1cccc(OC(=S)Oc2cccc([N+](=O)[O-])c2)c1. The fourth-order valence-corrected chi connectivity index (χ4v) is 1.73. The molecule has 0 spiro atoms. The van der Waals surface area contributed by atoms with E-state index < -0.39 is 9.85 Å². The Balaban J connectivity index is 2.07. The molecule has 112 valence electrons. The topological polar surface area (TPSA) is 105 Å². The van der Waals surface area contributed by atoms with Crippen molar-refractivity contribution in [3.8, 4) is 11.5 Å². The zero-order valence-electron chi connectivity index (χ0n) is 10.9. The number of nitro groups is 2. The van der Waals surface area contributed by atoms with Crippen molar-refractivity contribution < 1.29 is 19.3 Å². The smallest absolute Gasteiger partial charge is 0.363 e. The Labute approximate surface area is 129 Å². The van der Waals surface area contributed by atoms with Gasteiger partial charge in [0.15, 0.2) is 0 Å². The molecule has 0 amide bonds. The molecular weight excluding hydrogens is 312 g/mol. The molecule has 0 atom stereocenters. The quantitative estimate of drug-likeness (QED) is 0.483. The van der Waals surface area contributed by atoms with Gasteiger partial charge in [0.25, 0.3) is 11.4 Å². The number of nitro benzene ring substituents is 2. The van der Waals surface area contributed by atoms with Crippen LogP contribution in [-0.4, -0.2) is 15.1 Å². The number of non-ortho nitro benzene ring substituents is 2. The van der Waals surface area contributed by atoms with Crippen LogP contribution in [0, 0.1) is 20.2 Å². The van der Waals surface area contributed by atoms with Crippen molar-refractivity contribution in [2.24, 2.45) is 0 Å². The van der Waals surface area contributed by atoms with Crippen LogP contribution in [0.4, 0.5) is 11.4 Å². The summed E-state index contributed by atoms with van der Waals surface area (Å²) in [4.78, 5) is 20.2. The van der Waals surface area contributed by atoms with E-state index in [1.54, 1.807) is 0 Å². The van der Waals surface area contributed by atoms with E-state index in [4.69, 9.17) is 21.7 Å². The van der Waals surface area contributed by atoms with Gasteiger partial charge in [-0.05, 0) is 12.1 Å². The molecule has 2 aromatic rings. The number of benzene rings is 2. The Morgan fingerprint density at radius 3 is 1.64 bits per heavy atom. The molecule has 2 rings (SSSR count). The van der Waals surface area contributed by atoms with Crippen molar-refractivity contribution in [1.82, 2.24) is 0 Å². The van der Waals surface area contributed by atoms with E-state index in [2.05, 4.69) is 0 Å². The van der Waals surface area contributed by atoms with Crippen LogP contribution in [0.3, 0.4) is 0 Å². The van der Waals surface area contributed by atoms with E-state index in [9.17, 15) is 20.2 Å². The molecule has 0 saturated heterocycles. The zero-order valence-corrected chi connectivity index (χ0v) is 11.7. The molecule has 0 fully saturated rings. The molecule has 2 aromatic carbocycles. The number of hydrogen-bond acceptors (Lipinski definition) is 7. The van der Waals surface area contributed by atoms with Crippen molar-refractivity contribution in [3.05, 3.63) is 68.8 Å². The predicted octanol–water partition coefficient (Wildman–Crippen LogP) is 3.25. The number of nitrogens with zero attached hydrogens (tertiary/aromatic N) is 2. The molecule has 0 radical (unpaired) electrons. The Hall–Kier alpha value is -3.07. The monoisotopic (exact) mass is 320 g/mol. The maximum Gasteiger partial charge on any atom is 0.363 e. The highest BCUT2D eigenvalue weighted by molar-refractivity contribution is 7.79. The van der Waals surface area contributed by atoms with Gasteiger partial charge in [-0.1, -0.05) is 12.1 Å². The van der Waals surface area contributed by atoms with Crippen LogP contribution >= 0.6 is 12.2 Å². The summed E-state index contributed by atoms with van der Waals surface area (Å²) in [5.41, 5.74) is -0.314. The largest absolute Gasteiger partial charge is 0.417 e. The number of thiocarbonyl (C=S) groups is 1. The lowest BCUT2D eigenvalue weighted by molar-refractivity contribution is -0.385. The van der Waals surface area contributed by atoms with Crippen molar-refractivity contribution >= 4 is 28.8 Å². The minimum atomic E-state index is -0.572. The fraction of sp³-hybridized carbons (Fsp3) is 0. The van der Waals surface area contributed by atoms with Gasteiger partial charge in [0, 0.05) is 24.4 Å². The Morgan fingerprint density at radius 2 is 1.27 bits per heavy atom. The maximum absolute atomic E-state index is 10.7. The van der Waals surface area contributed by atoms with E-state index in [1.165, 1.54) is 48.5 Å². The van der Waals surface area contributed by atoms with Crippen LogP contribution in [0.5, 0.6) is 11.5 Å². The minimum Gasteiger partial charge on any atom is -0.417 e.